The fourth-order valence-electron chi connectivity index (χ4n) is 3.97. The topological polar surface area (TPSA) is 37.3 Å². The third-order valence-corrected chi connectivity index (χ3v) is 6.10. The van der Waals surface area contributed by atoms with Crippen LogP contribution in [0, 0.1) is 22.7 Å². The number of carbonyl (C=O) groups is 1. The van der Waals surface area contributed by atoms with E-state index in [4.69, 9.17) is 5.11 Å². The summed E-state index contributed by atoms with van der Waals surface area (Å²) >= 11 is 0. The van der Waals surface area contributed by atoms with E-state index in [1.54, 1.807) is 12.1 Å². The van der Waals surface area contributed by atoms with Gasteiger partial charge in [-0.2, -0.15) is 0 Å². The number of carboxylic acids is 1. The van der Waals surface area contributed by atoms with Crippen LogP contribution in [-0.2, 0) is 0 Å². The van der Waals surface area contributed by atoms with Crippen molar-refractivity contribution in [1.82, 2.24) is 0 Å². The maximum absolute atomic E-state index is 11.1. The van der Waals surface area contributed by atoms with Crippen molar-refractivity contribution in [2.75, 3.05) is 0 Å². The molecule has 1 atom stereocenters. The summed E-state index contributed by atoms with van der Waals surface area (Å²) in [4.78, 5) is 11.1. The lowest BCUT2D eigenvalue weighted by molar-refractivity contribution is 0.0697. The zero-order valence-electron chi connectivity index (χ0n) is 16.4. The highest BCUT2D eigenvalue weighted by atomic mass is 16.4. The molecule has 136 valence electrons. The van der Waals surface area contributed by atoms with Crippen LogP contribution in [0.5, 0.6) is 0 Å². The Labute approximate surface area is 157 Å². The minimum absolute atomic E-state index is 0.135. The fourth-order valence-corrected chi connectivity index (χ4v) is 3.97. The van der Waals surface area contributed by atoms with Crippen LogP contribution < -0.4 is 0 Å². The van der Waals surface area contributed by atoms with Crippen LogP contribution in [0.15, 0.2) is 47.1 Å². The Morgan fingerprint density at radius 2 is 1.69 bits per heavy atom. The minimum Gasteiger partial charge on any atom is -0.478 e. The number of rotatable bonds is 3. The van der Waals surface area contributed by atoms with Gasteiger partial charge in [0.05, 0.1) is 5.56 Å². The summed E-state index contributed by atoms with van der Waals surface area (Å²) in [5.41, 5.74) is 5.75. The zero-order chi connectivity index (χ0) is 19.1. The van der Waals surface area contributed by atoms with E-state index < -0.39 is 5.97 Å². The van der Waals surface area contributed by atoms with Crippen molar-refractivity contribution < 1.29 is 9.90 Å². The van der Waals surface area contributed by atoms with Crippen LogP contribution in [0.25, 0.3) is 0 Å². The highest BCUT2D eigenvalue weighted by Crippen LogP contribution is 2.50. The predicted molar refractivity (Wildman–Crippen MR) is 106 cm³/mol. The molecule has 2 heteroatoms. The number of hydrogen-bond donors (Lipinski definition) is 1. The second-order valence-electron chi connectivity index (χ2n) is 8.90. The Morgan fingerprint density at radius 1 is 1.08 bits per heavy atom. The van der Waals surface area contributed by atoms with Gasteiger partial charge in [0.15, 0.2) is 0 Å². The molecule has 0 bridgehead atoms. The molecule has 2 aliphatic carbocycles. The largest absolute Gasteiger partial charge is 0.478 e. The van der Waals surface area contributed by atoms with Crippen molar-refractivity contribution >= 4 is 5.97 Å². The quantitative estimate of drug-likeness (QED) is 0.684. The summed E-state index contributed by atoms with van der Waals surface area (Å²) in [5.74, 6) is 6.23. The van der Waals surface area contributed by atoms with E-state index in [2.05, 4.69) is 52.5 Å². The van der Waals surface area contributed by atoms with Crippen molar-refractivity contribution in [2.24, 2.45) is 10.8 Å². The maximum Gasteiger partial charge on any atom is 0.335 e. The molecule has 0 radical (unpaired) electrons. The Balaban J connectivity index is 2.01. The predicted octanol–water partition coefficient (Wildman–Crippen LogP) is 5.96. The van der Waals surface area contributed by atoms with E-state index in [0.29, 0.717) is 5.56 Å². The van der Waals surface area contributed by atoms with E-state index in [-0.39, 0.29) is 16.7 Å². The molecule has 0 aromatic heterocycles. The molecule has 0 aliphatic heterocycles. The van der Waals surface area contributed by atoms with Gasteiger partial charge in [0, 0.05) is 17.9 Å². The molecule has 0 spiro atoms. The fraction of sp³-hybridized carbons (Fsp3) is 0.458. The van der Waals surface area contributed by atoms with Crippen molar-refractivity contribution in [3.63, 3.8) is 0 Å². The van der Waals surface area contributed by atoms with Gasteiger partial charge in [-0.1, -0.05) is 70.2 Å². The van der Waals surface area contributed by atoms with Crippen molar-refractivity contribution in [1.29, 1.82) is 0 Å². The first-order chi connectivity index (χ1) is 12.1. The van der Waals surface area contributed by atoms with Gasteiger partial charge in [0.25, 0.3) is 0 Å². The van der Waals surface area contributed by atoms with Crippen LogP contribution >= 0.6 is 0 Å². The highest BCUT2D eigenvalue weighted by molar-refractivity contribution is 5.87. The Morgan fingerprint density at radius 3 is 2.31 bits per heavy atom. The molecular formula is C24H28O2. The van der Waals surface area contributed by atoms with Crippen LogP contribution in [0.4, 0.5) is 0 Å². The van der Waals surface area contributed by atoms with Gasteiger partial charge < -0.3 is 5.11 Å². The molecular weight excluding hydrogens is 320 g/mol. The highest BCUT2D eigenvalue weighted by Gasteiger charge is 2.38. The van der Waals surface area contributed by atoms with Gasteiger partial charge >= 0.3 is 5.97 Å². The van der Waals surface area contributed by atoms with Gasteiger partial charge in [-0.05, 0) is 46.9 Å². The number of carboxylic acid groups (broad SMARTS) is 1. The second-order valence-corrected chi connectivity index (χ2v) is 8.90. The van der Waals surface area contributed by atoms with Gasteiger partial charge in [0.2, 0.25) is 0 Å². The normalized spacial score (nSPS) is 21.7. The summed E-state index contributed by atoms with van der Waals surface area (Å²) < 4.78 is 0. The molecule has 2 nitrogen and oxygen atoms in total. The monoisotopic (exact) mass is 348 g/mol. The third kappa shape index (κ3) is 3.36. The molecule has 2 aliphatic rings. The van der Waals surface area contributed by atoms with Gasteiger partial charge in [-0.3, -0.25) is 0 Å². The van der Waals surface area contributed by atoms with E-state index in [1.807, 2.05) is 12.1 Å². The van der Waals surface area contributed by atoms with Gasteiger partial charge in [0.1, 0.15) is 0 Å². The smallest absolute Gasteiger partial charge is 0.335 e. The molecule has 0 fully saturated rings. The Bertz CT molecular complexity index is 852. The molecule has 1 aromatic carbocycles. The standard InChI is InChI=1S/C24H28O2/c1-16(17-9-11-18(12-10-17)22(25)26)19-7-6-8-20-21(15-19)24(4,5)14-13-23(20,2)3/h9-12,15-16H,7,13-14H2,1-5H3,(H,25,26). The Hall–Kier alpha value is -2.27. The molecule has 0 amide bonds. The molecule has 1 aromatic rings. The molecule has 26 heavy (non-hydrogen) atoms. The molecule has 0 heterocycles. The van der Waals surface area contributed by atoms with Crippen molar-refractivity contribution in [3.8, 4) is 11.8 Å². The molecule has 0 saturated carbocycles. The first-order valence-corrected chi connectivity index (χ1v) is 9.40. The van der Waals surface area contributed by atoms with Crippen LogP contribution in [-0.4, -0.2) is 11.1 Å². The maximum atomic E-state index is 11.1. The lowest BCUT2D eigenvalue weighted by Gasteiger charge is -2.41. The summed E-state index contributed by atoms with van der Waals surface area (Å²) in [6.45, 7) is 11.4. The summed E-state index contributed by atoms with van der Waals surface area (Å²) in [6.07, 6.45) is 5.48. The number of aromatic carboxylic acids is 1. The number of hydrogen-bond acceptors (Lipinski definition) is 1. The second kappa shape index (κ2) is 6.47. The molecule has 1 unspecified atom stereocenters. The van der Waals surface area contributed by atoms with Crippen molar-refractivity contribution in [2.45, 2.75) is 59.8 Å². The number of allylic oxidation sites excluding steroid dienone is 4. The van der Waals surface area contributed by atoms with E-state index in [1.165, 1.54) is 29.6 Å². The van der Waals surface area contributed by atoms with Crippen LogP contribution in [0.2, 0.25) is 0 Å². The molecule has 3 rings (SSSR count). The summed E-state index contributed by atoms with van der Waals surface area (Å²) in [6, 6.07) is 7.24. The van der Waals surface area contributed by atoms with Crippen LogP contribution in [0.1, 0.15) is 75.7 Å². The Kier molecular flexibility index (Phi) is 4.61. The number of benzene rings is 1. The molecule has 1 N–H and O–H groups in total. The van der Waals surface area contributed by atoms with Gasteiger partial charge in [-0.25, -0.2) is 4.79 Å². The average Bonchev–Trinajstić information content (AvgIpc) is 2.83. The SMILES string of the molecule is CC(C1=CC2=C(C#CC1)C(C)(C)CCC2(C)C)c1ccc(C(=O)O)cc1. The van der Waals surface area contributed by atoms with E-state index >= 15 is 0 Å². The summed E-state index contributed by atoms with van der Waals surface area (Å²) in [5, 5.41) is 9.10. The lowest BCUT2D eigenvalue weighted by Crippen LogP contribution is -2.29. The zero-order valence-corrected chi connectivity index (χ0v) is 16.4. The first-order valence-electron chi connectivity index (χ1n) is 9.40. The van der Waals surface area contributed by atoms with E-state index in [0.717, 1.165) is 12.0 Å². The van der Waals surface area contributed by atoms with Crippen LogP contribution in [0.3, 0.4) is 0 Å². The summed E-state index contributed by atoms with van der Waals surface area (Å²) in [7, 11) is 0. The average molecular weight is 348 g/mol. The third-order valence-electron chi connectivity index (χ3n) is 6.10. The van der Waals surface area contributed by atoms with Gasteiger partial charge in [-0.15, -0.1) is 0 Å². The first kappa shape index (κ1) is 18.5. The minimum atomic E-state index is -0.885. The lowest BCUT2D eigenvalue weighted by atomic mass is 9.63. The molecule has 0 saturated heterocycles. The van der Waals surface area contributed by atoms with E-state index in [9.17, 15) is 4.79 Å². The van der Waals surface area contributed by atoms with Crippen molar-refractivity contribution in [3.05, 3.63) is 58.2 Å².